The zero-order chi connectivity index (χ0) is 15.0. The first kappa shape index (κ1) is 15.0. The number of nitrogens with one attached hydrogen (secondary N) is 1. The van der Waals surface area contributed by atoms with E-state index in [4.69, 9.17) is 5.73 Å². The van der Waals surface area contributed by atoms with Gasteiger partial charge in [-0.3, -0.25) is 0 Å². The number of hydrogen-bond acceptors (Lipinski definition) is 4. The van der Waals surface area contributed by atoms with Crippen LogP contribution in [0.2, 0.25) is 0 Å². The van der Waals surface area contributed by atoms with Crippen molar-refractivity contribution in [1.29, 1.82) is 0 Å². The number of hydrogen-bond donors (Lipinski definition) is 2. The summed E-state index contributed by atoms with van der Waals surface area (Å²) in [6, 6.07) is 4.12. The number of piperidine rings is 1. The molecule has 0 unspecified atom stereocenters. The molecule has 1 heterocycles. The van der Waals surface area contributed by atoms with Gasteiger partial charge in [0.25, 0.3) is 5.92 Å². The summed E-state index contributed by atoms with van der Waals surface area (Å²) in [5.41, 5.74) is 6.44. The lowest BCUT2D eigenvalue weighted by Crippen LogP contribution is -2.42. The van der Waals surface area contributed by atoms with Crippen LogP contribution in [0, 0.1) is 0 Å². The number of halogens is 2. The molecule has 0 radical (unpaired) electrons. The second-order valence-corrected chi connectivity index (χ2v) is 6.70. The monoisotopic (exact) mass is 305 g/mol. The summed E-state index contributed by atoms with van der Waals surface area (Å²) in [4.78, 5) is 1.51. The van der Waals surface area contributed by atoms with Gasteiger partial charge in [-0.1, -0.05) is 0 Å². The molecule has 0 spiro atoms. The molecule has 1 aliphatic rings. The Morgan fingerprint density at radius 2 is 2.10 bits per heavy atom. The zero-order valence-corrected chi connectivity index (χ0v) is 11.9. The number of sulfonamides is 1. The molecule has 1 aromatic carbocycles. The minimum atomic E-state index is -3.59. The first-order valence-corrected chi connectivity index (χ1v) is 7.69. The predicted octanol–water partition coefficient (Wildman–Crippen LogP) is 1.41. The van der Waals surface area contributed by atoms with Crippen molar-refractivity contribution in [2.75, 3.05) is 30.8 Å². The van der Waals surface area contributed by atoms with E-state index in [0.717, 1.165) is 0 Å². The van der Waals surface area contributed by atoms with Crippen LogP contribution in [0.1, 0.15) is 12.8 Å². The lowest BCUT2D eigenvalue weighted by Gasteiger charge is -2.34. The molecule has 5 nitrogen and oxygen atoms in total. The lowest BCUT2D eigenvalue weighted by molar-refractivity contribution is -0.0116. The largest absolute Gasteiger partial charge is 0.397 e. The fourth-order valence-electron chi connectivity index (χ4n) is 2.28. The Bertz CT molecular complexity index is 605. The summed E-state index contributed by atoms with van der Waals surface area (Å²) in [6.07, 6.45) is 0.249. The van der Waals surface area contributed by atoms with Gasteiger partial charge < -0.3 is 10.6 Å². The third kappa shape index (κ3) is 3.01. The van der Waals surface area contributed by atoms with Crippen molar-refractivity contribution in [3.05, 3.63) is 18.2 Å². The molecule has 1 fully saturated rings. The average Bonchev–Trinajstić information content (AvgIpc) is 2.37. The molecule has 1 aliphatic heterocycles. The van der Waals surface area contributed by atoms with Crippen molar-refractivity contribution in [3.8, 4) is 0 Å². The van der Waals surface area contributed by atoms with Gasteiger partial charge >= 0.3 is 0 Å². The van der Waals surface area contributed by atoms with Crippen molar-refractivity contribution >= 4 is 21.4 Å². The normalized spacial score (nSPS) is 19.1. The predicted molar refractivity (Wildman–Crippen MR) is 73.5 cm³/mol. The number of rotatable bonds is 3. The van der Waals surface area contributed by atoms with E-state index >= 15 is 0 Å². The molecule has 0 aliphatic carbocycles. The number of anilines is 2. The van der Waals surface area contributed by atoms with Crippen molar-refractivity contribution in [2.24, 2.45) is 0 Å². The fraction of sp³-hybridized carbons (Fsp3) is 0.500. The second-order valence-electron chi connectivity index (χ2n) is 4.81. The topological polar surface area (TPSA) is 75.4 Å². The third-order valence-electron chi connectivity index (χ3n) is 3.31. The summed E-state index contributed by atoms with van der Waals surface area (Å²) in [6.45, 7) is 0.0905. The van der Waals surface area contributed by atoms with Gasteiger partial charge in [0.2, 0.25) is 10.0 Å². The van der Waals surface area contributed by atoms with E-state index in [-0.39, 0.29) is 17.0 Å². The van der Waals surface area contributed by atoms with Gasteiger partial charge in [-0.15, -0.1) is 0 Å². The lowest BCUT2D eigenvalue weighted by atomic mass is 10.1. The van der Waals surface area contributed by atoms with Crippen molar-refractivity contribution in [2.45, 2.75) is 23.7 Å². The van der Waals surface area contributed by atoms with E-state index < -0.39 is 22.5 Å². The highest BCUT2D eigenvalue weighted by Crippen LogP contribution is 2.33. The van der Waals surface area contributed by atoms with E-state index in [2.05, 4.69) is 4.72 Å². The first-order valence-electron chi connectivity index (χ1n) is 6.21. The third-order valence-corrected chi connectivity index (χ3v) is 4.72. The Labute approximate surface area is 116 Å². The highest BCUT2D eigenvalue weighted by Gasteiger charge is 2.35. The minimum Gasteiger partial charge on any atom is -0.397 e. The smallest absolute Gasteiger partial charge is 0.265 e. The van der Waals surface area contributed by atoms with Gasteiger partial charge in [0.15, 0.2) is 0 Å². The van der Waals surface area contributed by atoms with Crippen LogP contribution in [0.15, 0.2) is 23.1 Å². The van der Waals surface area contributed by atoms with Gasteiger partial charge in [0.1, 0.15) is 0 Å². The standard InChI is InChI=1S/C12H17F2N3O2S/c1-16-20(18,19)9-3-4-11(10(15)7-9)17-6-2-5-12(13,14)8-17/h3-4,7,16H,2,5-6,8,15H2,1H3. The Morgan fingerprint density at radius 3 is 2.65 bits per heavy atom. The van der Waals surface area contributed by atoms with Crippen molar-refractivity contribution in [1.82, 2.24) is 4.72 Å². The summed E-state index contributed by atoms with van der Waals surface area (Å²) >= 11 is 0. The molecule has 112 valence electrons. The molecule has 1 saturated heterocycles. The number of nitrogens with two attached hydrogens (primary N) is 1. The van der Waals surface area contributed by atoms with Crippen LogP contribution in [-0.2, 0) is 10.0 Å². The van der Waals surface area contributed by atoms with E-state index in [9.17, 15) is 17.2 Å². The van der Waals surface area contributed by atoms with Crippen molar-refractivity contribution < 1.29 is 17.2 Å². The molecule has 3 N–H and O–H groups in total. The molecule has 0 amide bonds. The van der Waals surface area contributed by atoms with E-state index in [0.29, 0.717) is 18.7 Å². The van der Waals surface area contributed by atoms with Crippen molar-refractivity contribution in [3.63, 3.8) is 0 Å². The molecular weight excluding hydrogens is 288 g/mol. The Hall–Kier alpha value is -1.41. The SMILES string of the molecule is CNS(=O)(=O)c1ccc(N2CCCC(F)(F)C2)c(N)c1. The Balaban J connectivity index is 2.31. The van der Waals surface area contributed by atoms with Gasteiger partial charge in [-0.25, -0.2) is 21.9 Å². The minimum absolute atomic E-state index is 0.0185. The first-order chi connectivity index (χ1) is 9.25. The molecule has 0 saturated carbocycles. The maximum atomic E-state index is 13.4. The number of nitrogens with zero attached hydrogens (tertiary/aromatic N) is 1. The van der Waals surface area contributed by atoms with Crippen LogP contribution in [-0.4, -0.2) is 34.5 Å². The number of benzene rings is 1. The number of nitrogen functional groups attached to an aromatic ring is 1. The molecule has 1 aromatic rings. The van der Waals surface area contributed by atoms with Crippen LogP contribution >= 0.6 is 0 Å². The fourth-order valence-corrected chi connectivity index (χ4v) is 3.04. The van der Waals surface area contributed by atoms with E-state index in [1.165, 1.54) is 30.1 Å². The molecule has 0 atom stereocenters. The molecule has 8 heteroatoms. The summed E-state index contributed by atoms with van der Waals surface area (Å²) in [5, 5.41) is 0. The zero-order valence-electron chi connectivity index (χ0n) is 11.1. The molecule has 20 heavy (non-hydrogen) atoms. The van der Waals surface area contributed by atoms with E-state index in [1.807, 2.05) is 0 Å². The quantitative estimate of drug-likeness (QED) is 0.828. The molecule has 2 rings (SSSR count). The number of alkyl halides is 2. The Morgan fingerprint density at radius 1 is 1.40 bits per heavy atom. The summed E-state index contributed by atoms with van der Waals surface area (Å²) in [5.74, 6) is -2.74. The van der Waals surface area contributed by atoms with Crippen LogP contribution in [0.4, 0.5) is 20.2 Å². The molecule has 0 aromatic heterocycles. The average molecular weight is 305 g/mol. The van der Waals surface area contributed by atoms with Gasteiger partial charge in [-0.2, -0.15) is 0 Å². The summed E-state index contributed by atoms with van der Waals surface area (Å²) in [7, 11) is -2.29. The molecular formula is C12H17F2N3O2S. The van der Waals surface area contributed by atoms with Crippen LogP contribution in [0.5, 0.6) is 0 Å². The highest BCUT2D eigenvalue weighted by atomic mass is 32.2. The van der Waals surface area contributed by atoms with E-state index in [1.54, 1.807) is 0 Å². The van der Waals surface area contributed by atoms with Crippen LogP contribution in [0.25, 0.3) is 0 Å². The second kappa shape index (κ2) is 5.17. The molecule has 0 bridgehead atoms. The van der Waals surface area contributed by atoms with Gasteiger partial charge in [0, 0.05) is 13.0 Å². The highest BCUT2D eigenvalue weighted by molar-refractivity contribution is 7.89. The van der Waals surface area contributed by atoms with Gasteiger partial charge in [-0.05, 0) is 31.7 Å². The maximum absolute atomic E-state index is 13.4. The Kier molecular flexibility index (Phi) is 3.88. The van der Waals surface area contributed by atoms with Crippen LogP contribution < -0.4 is 15.4 Å². The maximum Gasteiger partial charge on any atom is 0.265 e. The van der Waals surface area contributed by atoms with Crippen LogP contribution in [0.3, 0.4) is 0 Å². The van der Waals surface area contributed by atoms with Gasteiger partial charge in [0.05, 0.1) is 22.8 Å². The summed E-state index contributed by atoms with van der Waals surface area (Å²) < 4.78 is 52.3.